The molecule has 4 nitrogen and oxygen atoms in total. The molecule has 1 unspecified atom stereocenters. The van der Waals surface area contributed by atoms with Crippen LogP contribution in [0.15, 0.2) is 18.2 Å². The first-order valence-corrected chi connectivity index (χ1v) is 7.76. The van der Waals surface area contributed by atoms with Crippen LogP contribution in [0.4, 0.5) is 0 Å². The number of hydrogen-bond donors (Lipinski definition) is 2. The highest BCUT2D eigenvalue weighted by Crippen LogP contribution is 2.23. The summed E-state index contributed by atoms with van der Waals surface area (Å²) in [6, 6.07) is 5.13. The van der Waals surface area contributed by atoms with Crippen LogP contribution >= 0.6 is 11.6 Å². The first-order valence-electron chi connectivity index (χ1n) is 7.38. The molecule has 116 valence electrons. The van der Waals surface area contributed by atoms with E-state index in [1.165, 1.54) is 0 Å². The molecule has 0 aliphatic heterocycles. The number of benzene rings is 1. The van der Waals surface area contributed by atoms with E-state index in [-0.39, 0.29) is 11.9 Å². The van der Waals surface area contributed by atoms with Crippen LogP contribution in [0.3, 0.4) is 0 Å². The van der Waals surface area contributed by atoms with E-state index in [9.17, 15) is 9.90 Å². The van der Waals surface area contributed by atoms with E-state index in [0.29, 0.717) is 10.8 Å². The average Bonchev–Trinajstić information content (AvgIpc) is 2.44. The van der Waals surface area contributed by atoms with Crippen molar-refractivity contribution in [1.82, 2.24) is 5.32 Å². The van der Waals surface area contributed by atoms with Crippen molar-refractivity contribution in [2.24, 2.45) is 0 Å². The minimum atomic E-state index is -0.612. The standard InChI is InChI=1S/C16H22ClNO3/c1-10-9-12(17)7-8-15(10)21-11(2)16(20)18-13-5-3-4-6-14(13)19/h7-9,11,13-14,19H,3-6H2,1-2H3,(H,18,20)/t11?,13-,14-/m0/s1. The zero-order valence-electron chi connectivity index (χ0n) is 12.4. The van der Waals surface area contributed by atoms with Gasteiger partial charge in [0, 0.05) is 5.02 Å². The molecule has 21 heavy (non-hydrogen) atoms. The maximum absolute atomic E-state index is 12.2. The highest BCUT2D eigenvalue weighted by Gasteiger charge is 2.26. The van der Waals surface area contributed by atoms with Crippen molar-refractivity contribution < 1.29 is 14.6 Å². The Morgan fingerprint density at radius 1 is 1.43 bits per heavy atom. The lowest BCUT2D eigenvalue weighted by atomic mass is 9.92. The van der Waals surface area contributed by atoms with Crippen LogP contribution in [0, 0.1) is 6.92 Å². The number of rotatable bonds is 4. The van der Waals surface area contributed by atoms with Crippen LogP contribution in [-0.2, 0) is 4.79 Å². The van der Waals surface area contributed by atoms with Gasteiger partial charge in [0.05, 0.1) is 12.1 Å². The maximum atomic E-state index is 12.2. The van der Waals surface area contributed by atoms with Crippen molar-refractivity contribution in [1.29, 1.82) is 0 Å². The number of ether oxygens (including phenoxy) is 1. The van der Waals surface area contributed by atoms with Crippen molar-refractivity contribution in [3.63, 3.8) is 0 Å². The van der Waals surface area contributed by atoms with E-state index in [1.807, 2.05) is 6.92 Å². The van der Waals surface area contributed by atoms with Gasteiger partial charge in [-0.1, -0.05) is 24.4 Å². The van der Waals surface area contributed by atoms with Gasteiger partial charge in [0.2, 0.25) is 0 Å². The van der Waals surface area contributed by atoms with Crippen LogP contribution in [0.1, 0.15) is 38.2 Å². The van der Waals surface area contributed by atoms with Crippen LogP contribution in [0.5, 0.6) is 5.75 Å². The molecule has 0 spiro atoms. The molecular weight excluding hydrogens is 290 g/mol. The van der Waals surface area contributed by atoms with Gasteiger partial charge in [-0.3, -0.25) is 4.79 Å². The van der Waals surface area contributed by atoms with Gasteiger partial charge >= 0.3 is 0 Å². The third-order valence-electron chi connectivity index (χ3n) is 3.87. The number of aliphatic hydroxyl groups is 1. The molecule has 3 atom stereocenters. The summed E-state index contributed by atoms with van der Waals surface area (Å²) in [5.41, 5.74) is 0.889. The largest absolute Gasteiger partial charge is 0.481 e. The van der Waals surface area contributed by atoms with Gasteiger partial charge in [-0.25, -0.2) is 0 Å². The summed E-state index contributed by atoms with van der Waals surface area (Å²) in [5.74, 6) is 0.446. The van der Waals surface area contributed by atoms with Crippen molar-refractivity contribution >= 4 is 17.5 Å². The Morgan fingerprint density at radius 2 is 2.14 bits per heavy atom. The molecule has 1 saturated carbocycles. The number of hydrogen-bond acceptors (Lipinski definition) is 3. The number of amides is 1. The number of aliphatic hydroxyl groups excluding tert-OH is 1. The quantitative estimate of drug-likeness (QED) is 0.899. The van der Waals surface area contributed by atoms with Gasteiger partial charge in [-0.05, 0) is 50.5 Å². The van der Waals surface area contributed by atoms with Gasteiger partial charge in [0.25, 0.3) is 5.91 Å². The normalized spacial score (nSPS) is 23.4. The fourth-order valence-corrected chi connectivity index (χ4v) is 2.80. The fourth-order valence-electron chi connectivity index (χ4n) is 2.57. The first-order chi connectivity index (χ1) is 9.97. The van der Waals surface area contributed by atoms with E-state index in [2.05, 4.69) is 5.32 Å². The second-order valence-corrected chi connectivity index (χ2v) is 6.07. The molecule has 1 fully saturated rings. The van der Waals surface area contributed by atoms with Crippen molar-refractivity contribution in [2.45, 2.75) is 57.8 Å². The molecule has 1 aliphatic carbocycles. The number of carbonyl (C=O) groups excluding carboxylic acids is 1. The monoisotopic (exact) mass is 311 g/mol. The van der Waals surface area contributed by atoms with E-state index in [1.54, 1.807) is 25.1 Å². The molecule has 0 radical (unpaired) electrons. The van der Waals surface area contributed by atoms with Gasteiger partial charge < -0.3 is 15.2 Å². The predicted octanol–water partition coefficient (Wildman–Crippen LogP) is 2.84. The van der Waals surface area contributed by atoms with Crippen molar-refractivity contribution in [3.8, 4) is 5.75 Å². The summed E-state index contributed by atoms with van der Waals surface area (Å²) in [4.78, 5) is 12.2. The number of aryl methyl sites for hydroxylation is 1. The Hall–Kier alpha value is -1.26. The van der Waals surface area contributed by atoms with Crippen LogP contribution < -0.4 is 10.1 Å². The number of halogens is 1. The van der Waals surface area contributed by atoms with Gasteiger partial charge in [0.1, 0.15) is 5.75 Å². The average molecular weight is 312 g/mol. The molecule has 0 bridgehead atoms. The second kappa shape index (κ2) is 7.14. The Labute approximate surface area is 130 Å². The van der Waals surface area contributed by atoms with Gasteiger partial charge in [0.15, 0.2) is 6.10 Å². The van der Waals surface area contributed by atoms with Crippen molar-refractivity contribution in [3.05, 3.63) is 28.8 Å². The van der Waals surface area contributed by atoms with Crippen LogP contribution in [0.2, 0.25) is 5.02 Å². The Kier molecular flexibility index (Phi) is 5.48. The molecule has 1 amide bonds. The molecule has 1 aromatic carbocycles. The first kappa shape index (κ1) is 16.1. The smallest absolute Gasteiger partial charge is 0.261 e. The summed E-state index contributed by atoms with van der Waals surface area (Å²) >= 11 is 5.90. The fraction of sp³-hybridized carbons (Fsp3) is 0.562. The predicted molar refractivity (Wildman–Crippen MR) is 82.7 cm³/mol. The van der Waals surface area contributed by atoms with Crippen LogP contribution in [0.25, 0.3) is 0 Å². The van der Waals surface area contributed by atoms with Crippen LogP contribution in [-0.4, -0.2) is 29.3 Å². The Balaban J connectivity index is 1.92. The number of nitrogens with one attached hydrogen (secondary N) is 1. The SMILES string of the molecule is Cc1cc(Cl)ccc1OC(C)C(=O)N[C@H]1CCCC[C@@H]1O. The number of carbonyl (C=O) groups is 1. The molecule has 0 aromatic heterocycles. The maximum Gasteiger partial charge on any atom is 0.261 e. The zero-order valence-corrected chi connectivity index (χ0v) is 13.2. The van der Waals surface area contributed by atoms with Crippen molar-refractivity contribution in [2.75, 3.05) is 0 Å². The van der Waals surface area contributed by atoms with E-state index in [4.69, 9.17) is 16.3 Å². The lowest BCUT2D eigenvalue weighted by Crippen LogP contribution is -2.49. The molecule has 0 heterocycles. The Morgan fingerprint density at radius 3 is 2.81 bits per heavy atom. The second-order valence-electron chi connectivity index (χ2n) is 5.64. The molecule has 2 N–H and O–H groups in total. The van der Waals surface area contributed by atoms with E-state index < -0.39 is 12.2 Å². The van der Waals surface area contributed by atoms with E-state index in [0.717, 1.165) is 31.2 Å². The third-order valence-corrected chi connectivity index (χ3v) is 4.10. The summed E-state index contributed by atoms with van der Waals surface area (Å²) in [7, 11) is 0. The Bertz CT molecular complexity index is 506. The zero-order chi connectivity index (χ0) is 15.4. The van der Waals surface area contributed by atoms with E-state index >= 15 is 0 Å². The van der Waals surface area contributed by atoms with Gasteiger partial charge in [-0.15, -0.1) is 0 Å². The lowest BCUT2D eigenvalue weighted by Gasteiger charge is -2.29. The molecule has 5 heteroatoms. The minimum absolute atomic E-state index is 0.163. The topological polar surface area (TPSA) is 58.6 Å². The van der Waals surface area contributed by atoms with Gasteiger partial charge in [-0.2, -0.15) is 0 Å². The highest BCUT2D eigenvalue weighted by atomic mass is 35.5. The molecule has 2 rings (SSSR count). The summed E-state index contributed by atoms with van der Waals surface area (Å²) in [6.07, 6.45) is 2.55. The summed E-state index contributed by atoms with van der Waals surface area (Å²) < 4.78 is 5.69. The molecular formula is C16H22ClNO3. The summed E-state index contributed by atoms with van der Waals surface area (Å²) in [5, 5.41) is 13.4. The lowest BCUT2D eigenvalue weighted by molar-refractivity contribution is -0.129. The third kappa shape index (κ3) is 4.35. The highest BCUT2D eigenvalue weighted by molar-refractivity contribution is 6.30. The molecule has 0 saturated heterocycles. The molecule has 1 aromatic rings. The molecule has 1 aliphatic rings. The summed E-state index contributed by atoms with van der Waals surface area (Å²) in [6.45, 7) is 3.59. The minimum Gasteiger partial charge on any atom is -0.481 e.